The molecular weight excluding hydrogens is 228 g/mol. The second-order valence-corrected chi connectivity index (χ2v) is 6.46. The van der Waals surface area contributed by atoms with Gasteiger partial charge in [0.1, 0.15) is 11.7 Å². The van der Waals surface area contributed by atoms with Crippen molar-refractivity contribution in [3.05, 3.63) is 24.3 Å². The predicted octanol–water partition coefficient (Wildman–Crippen LogP) is 2.37. The maximum absolute atomic E-state index is 11.7. The van der Waals surface area contributed by atoms with Gasteiger partial charge in [0, 0.05) is 23.8 Å². The summed E-state index contributed by atoms with van der Waals surface area (Å²) in [6.45, 7) is 10.3. The number of epoxide rings is 1. The number of esters is 1. The largest absolute Gasteiger partial charge is 0.458 e. The fourth-order valence-corrected chi connectivity index (χ4v) is 4.50. The van der Waals surface area contributed by atoms with Gasteiger partial charge in [-0.25, -0.2) is 4.79 Å². The number of hydrogen-bond donors (Lipinski definition) is 0. The molecule has 0 radical (unpaired) electrons. The summed E-state index contributed by atoms with van der Waals surface area (Å²) in [6.07, 6.45) is 3.87. The van der Waals surface area contributed by atoms with Gasteiger partial charge in [-0.3, -0.25) is 0 Å². The first-order valence-corrected chi connectivity index (χ1v) is 6.74. The number of hydrogen-bond acceptors (Lipinski definition) is 3. The summed E-state index contributed by atoms with van der Waals surface area (Å²) in [6, 6.07) is 0. The summed E-state index contributed by atoms with van der Waals surface area (Å²) in [5.74, 6) is 0.340. The van der Waals surface area contributed by atoms with Crippen LogP contribution < -0.4 is 0 Å². The molecule has 5 unspecified atom stereocenters. The van der Waals surface area contributed by atoms with E-state index in [0.29, 0.717) is 11.5 Å². The van der Waals surface area contributed by atoms with Gasteiger partial charge < -0.3 is 9.47 Å². The molecule has 0 aromatic heterocycles. The lowest BCUT2D eigenvalue weighted by atomic mass is 9.80. The Morgan fingerprint density at radius 1 is 1.39 bits per heavy atom. The molecule has 4 fully saturated rings. The van der Waals surface area contributed by atoms with Gasteiger partial charge in [0.15, 0.2) is 0 Å². The summed E-state index contributed by atoms with van der Waals surface area (Å²) in [7, 11) is 0. The van der Waals surface area contributed by atoms with Crippen LogP contribution in [0.4, 0.5) is 0 Å². The Morgan fingerprint density at radius 2 is 2.17 bits per heavy atom. The molecule has 0 bridgehead atoms. The van der Waals surface area contributed by atoms with Crippen LogP contribution in [0.3, 0.4) is 0 Å². The van der Waals surface area contributed by atoms with Gasteiger partial charge in [0.2, 0.25) is 0 Å². The molecule has 4 aliphatic rings. The van der Waals surface area contributed by atoms with Gasteiger partial charge in [-0.05, 0) is 26.2 Å². The Kier molecular flexibility index (Phi) is 1.74. The topological polar surface area (TPSA) is 38.8 Å². The summed E-state index contributed by atoms with van der Waals surface area (Å²) >= 11 is 0. The third-order valence-corrected chi connectivity index (χ3v) is 5.63. The average Bonchev–Trinajstić information content (AvgIpc) is 2.72. The van der Waals surface area contributed by atoms with E-state index in [1.807, 2.05) is 0 Å². The lowest BCUT2D eigenvalue weighted by molar-refractivity contribution is -0.139. The van der Waals surface area contributed by atoms with E-state index < -0.39 is 0 Å². The van der Waals surface area contributed by atoms with Gasteiger partial charge in [-0.2, -0.15) is 0 Å². The van der Waals surface area contributed by atoms with E-state index in [0.717, 1.165) is 25.7 Å². The minimum absolute atomic E-state index is 0.00140. The van der Waals surface area contributed by atoms with Crippen LogP contribution in [-0.4, -0.2) is 23.3 Å². The Balaban J connectivity index is 1.75. The maximum Gasteiger partial charge on any atom is 0.334 e. The highest BCUT2D eigenvalue weighted by Gasteiger charge is 2.75. The van der Waals surface area contributed by atoms with Crippen molar-refractivity contribution in [3.8, 4) is 0 Å². The van der Waals surface area contributed by atoms with Crippen LogP contribution in [0.2, 0.25) is 0 Å². The standard InChI is InChI=1S/C15H18O3/c1-8-6-12-10(9(2)13(16)17-12)7-15-11(8)4-5-14(15,3)18-15/h10-12H,1-2,4-7H2,3H3. The van der Waals surface area contributed by atoms with Gasteiger partial charge in [-0.15, -0.1) is 0 Å². The van der Waals surface area contributed by atoms with Crippen LogP contribution in [0, 0.1) is 11.8 Å². The Hall–Kier alpha value is -1.09. The van der Waals surface area contributed by atoms with E-state index in [1.54, 1.807) is 0 Å². The first-order valence-electron chi connectivity index (χ1n) is 6.74. The molecule has 2 aliphatic heterocycles. The smallest absolute Gasteiger partial charge is 0.334 e. The highest BCUT2D eigenvalue weighted by Crippen LogP contribution is 2.69. The highest BCUT2D eigenvalue weighted by molar-refractivity contribution is 5.91. The van der Waals surface area contributed by atoms with E-state index in [9.17, 15) is 4.79 Å². The van der Waals surface area contributed by atoms with Crippen molar-refractivity contribution in [3.63, 3.8) is 0 Å². The third kappa shape index (κ3) is 1.03. The quantitative estimate of drug-likeness (QED) is 0.285. The Bertz CT molecular complexity index is 494. The first-order chi connectivity index (χ1) is 8.47. The monoisotopic (exact) mass is 246 g/mol. The van der Waals surface area contributed by atoms with E-state index in [1.165, 1.54) is 5.57 Å². The molecule has 5 atom stereocenters. The van der Waals surface area contributed by atoms with E-state index in [4.69, 9.17) is 9.47 Å². The van der Waals surface area contributed by atoms with Crippen molar-refractivity contribution < 1.29 is 14.3 Å². The fraction of sp³-hybridized carbons (Fsp3) is 0.667. The third-order valence-electron chi connectivity index (χ3n) is 5.63. The molecule has 3 nitrogen and oxygen atoms in total. The molecule has 2 heterocycles. The SMILES string of the molecule is C=C1C(=O)OC2CC(=C)C3CCC4(C)OC34CC12. The molecule has 0 aromatic carbocycles. The zero-order valence-corrected chi connectivity index (χ0v) is 10.7. The number of ether oxygens (including phenoxy) is 2. The van der Waals surface area contributed by atoms with Crippen LogP contribution >= 0.6 is 0 Å². The Morgan fingerprint density at radius 3 is 2.89 bits per heavy atom. The van der Waals surface area contributed by atoms with Gasteiger partial charge in [0.05, 0.1) is 5.60 Å². The van der Waals surface area contributed by atoms with Crippen molar-refractivity contribution >= 4 is 5.97 Å². The normalized spacial score (nSPS) is 53.4. The zero-order chi connectivity index (χ0) is 12.7. The molecule has 2 aliphatic carbocycles. The van der Waals surface area contributed by atoms with Gasteiger partial charge >= 0.3 is 5.97 Å². The fourth-order valence-electron chi connectivity index (χ4n) is 4.50. The summed E-state index contributed by atoms with van der Waals surface area (Å²) in [4.78, 5) is 11.7. The van der Waals surface area contributed by atoms with Crippen LogP contribution in [0.1, 0.15) is 32.6 Å². The van der Waals surface area contributed by atoms with E-state index in [2.05, 4.69) is 20.1 Å². The van der Waals surface area contributed by atoms with Crippen molar-refractivity contribution in [2.75, 3.05) is 0 Å². The lowest BCUT2D eigenvalue weighted by Gasteiger charge is -2.20. The minimum Gasteiger partial charge on any atom is -0.458 e. The van der Waals surface area contributed by atoms with Crippen LogP contribution in [0.5, 0.6) is 0 Å². The molecule has 0 N–H and O–H groups in total. The summed E-state index contributed by atoms with van der Waals surface area (Å²) < 4.78 is 11.5. The van der Waals surface area contributed by atoms with Crippen molar-refractivity contribution in [2.45, 2.75) is 49.9 Å². The molecule has 4 rings (SSSR count). The molecule has 18 heavy (non-hydrogen) atoms. The number of rotatable bonds is 0. The molecule has 0 amide bonds. The lowest BCUT2D eigenvalue weighted by Crippen LogP contribution is -2.28. The molecule has 1 spiro atoms. The maximum atomic E-state index is 11.7. The molecule has 2 saturated carbocycles. The second-order valence-electron chi connectivity index (χ2n) is 6.46. The van der Waals surface area contributed by atoms with Crippen LogP contribution in [0.25, 0.3) is 0 Å². The molecule has 2 saturated heterocycles. The second kappa shape index (κ2) is 2.90. The van der Waals surface area contributed by atoms with Gasteiger partial charge in [0.25, 0.3) is 0 Å². The summed E-state index contributed by atoms with van der Waals surface area (Å²) in [5, 5.41) is 0. The van der Waals surface area contributed by atoms with E-state index in [-0.39, 0.29) is 29.2 Å². The van der Waals surface area contributed by atoms with Crippen LogP contribution in [0.15, 0.2) is 24.3 Å². The number of carbonyl (C=O) groups excluding carboxylic acids is 1. The minimum atomic E-state index is -0.229. The summed E-state index contributed by atoms with van der Waals surface area (Å²) in [5.41, 5.74) is 1.75. The molecule has 96 valence electrons. The zero-order valence-electron chi connectivity index (χ0n) is 10.7. The molecular formula is C15H18O3. The van der Waals surface area contributed by atoms with Crippen LogP contribution in [-0.2, 0) is 14.3 Å². The number of fused-ring (bicyclic) bond motifs is 1. The molecule has 0 aromatic rings. The Labute approximate surface area is 107 Å². The van der Waals surface area contributed by atoms with Gasteiger partial charge in [-0.1, -0.05) is 18.7 Å². The first kappa shape index (κ1) is 10.8. The van der Waals surface area contributed by atoms with Crippen molar-refractivity contribution in [2.24, 2.45) is 11.8 Å². The molecule has 3 heteroatoms. The van der Waals surface area contributed by atoms with Crippen molar-refractivity contribution in [1.82, 2.24) is 0 Å². The number of carbonyl (C=O) groups is 1. The predicted molar refractivity (Wildman–Crippen MR) is 65.8 cm³/mol. The highest BCUT2D eigenvalue weighted by atomic mass is 16.6. The van der Waals surface area contributed by atoms with E-state index >= 15 is 0 Å². The average molecular weight is 246 g/mol. The van der Waals surface area contributed by atoms with Crippen molar-refractivity contribution in [1.29, 1.82) is 0 Å².